The zero-order chi connectivity index (χ0) is 28.1. The van der Waals surface area contributed by atoms with Crippen LogP contribution in [0.4, 0.5) is 13.2 Å². The molecule has 38 heavy (non-hydrogen) atoms. The third kappa shape index (κ3) is 8.13. The van der Waals surface area contributed by atoms with Gasteiger partial charge in [-0.3, -0.25) is 0 Å². The molecule has 2 aromatic carbocycles. The maximum Gasteiger partial charge on any atom is 0.573 e. The summed E-state index contributed by atoms with van der Waals surface area (Å²) in [6.07, 6.45) is 2.82. The van der Waals surface area contributed by atoms with E-state index in [9.17, 15) is 18.0 Å². The smallest absolute Gasteiger partial charge is 0.490 e. The minimum Gasteiger partial charge on any atom is -0.490 e. The molecule has 1 saturated carbocycles. The number of esters is 1. The van der Waals surface area contributed by atoms with Crippen LogP contribution in [0.15, 0.2) is 36.4 Å². The summed E-state index contributed by atoms with van der Waals surface area (Å²) in [6, 6.07) is 8.97. The number of hydrogen-bond acceptors (Lipinski definition) is 5. The Balaban J connectivity index is 0.000000427. The number of carbonyl (C=O) groups excluding carboxylic acids is 1. The van der Waals surface area contributed by atoms with Gasteiger partial charge in [-0.25, -0.2) is 9.78 Å². The van der Waals surface area contributed by atoms with Crippen molar-refractivity contribution in [2.24, 2.45) is 12.5 Å². The van der Waals surface area contributed by atoms with Crippen molar-refractivity contribution in [1.29, 1.82) is 0 Å². The predicted molar refractivity (Wildman–Crippen MR) is 141 cm³/mol. The molecule has 1 heterocycles. The fraction of sp³-hybridized carbons (Fsp3) is 0.517. The first-order valence-corrected chi connectivity index (χ1v) is 12.9. The number of rotatable bonds is 6. The third-order valence-electron chi connectivity index (χ3n) is 6.57. The van der Waals surface area contributed by atoms with Gasteiger partial charge in [0, 0.05) is 19.5 Å². The van der Waals surface area contributed by atoms with Gasteiger partial charge in [0.25, 0.3) is 0 Å². The van der Waals surface area contributed by atoms with Crippen LogP contribution in [0.3, 0.4) is 0 Å². The first kappa shape index (κ1) is 29.3. The second-order valence-corrected chi connectivity index (χ2v) is 10.7. The lowest BCUT2D eigenvalue weighted by atomic mass is 9.78. The number of aromatic nitrogens is 2. The van der Waals surface area contributed by atoms with Gasteiger partial charge in [0.15, 0.2) is 0 Å². The summed E-state index contributed by atoms with van der Waals surface area (Å²) in [5.41, 5.74) is 3.05. The van der Waals surface area contributed by atoms with Gasteiger partial charge in [0.05, 0.1) is 24.2 Å². The van der Waals surface area contributed by atoms with Gasteiger partial charge in [-0.05, 0) is 55.9 Å². The lowest BCUT2D eigenvalue weighted by Crippen LogP contribution is -2.17. The summed E-state index contributed by atoms with van der Waals surface area (Å²) in [5.74, 6) is 0.258. The molecule has 4 rings (SSSR count). The van der Waals surface area contributed by atoms with Crippen LogP contribution in [0, 0.1) is 5.41 Å². The standard InChI is InChI=1S/C21H21F3N2O4.C8H16/c1-12(2)29-18-11-17-16(10-15(18)20(27)28-4)25-19(26(17)3)9-13-5-7-14(8-6-13)30-21(22,23)24;1-8(2)6-4-3-5-7-8/h5-8,10-12H,9H2,1-4H3;3-7H2,1-2H3. The van der Waals surface area contributed by atoms with E-state index in [0.717, 1.165) is 11.1 Å². The summed E-state index contributed by atoms with van der Waals surface area (Å²) in [7, 11) is 3.12. The largest absolute Gasteiger partial charge is 0.573 e. The molecule has 0 radical (unpaired) electrons. The number of benzene rings is 2. The van der Waals surface area contributed by atoms with Crippen LogP contribution in [-0.2, 0) is 18.2 Å². The second-order valence-electron chi connectivity index (χ2n) is 10.7. The van der Waals surface area contributed by atoms with Gasteiger partial charge in [-0.15, -0.1) is 13.2 Å². The third-order valence-corrected chi connectivity index (χ3v) is 6.57. The first-order chi connectivity index (χ1) is 17.8. The number of fused-ring (bicyclic) bond motifs is 1. The molecule has 6 nitrogen and oxygen atoms in total. The molecule has 3 aromatic rings. The SMILES string of the molecule is CC1(C)CCCCC1.COC(=O)c1cc2nc(Cc3ccc(OC(F)(F)F)cc3)n(C)c2cc1OC(C)C. The van der Waals surface area contributed by atoms with E-state index in [2.05, 4.69) is 23.6 Å². The molecule has 208 valence electrons. The number of nitrogens with zero attached hydrogens (tertiary/aromatic N) is 2. The van der Waals surface area contributed by atoms with Gasteiger partial charge in [-0.2, -0.15) is 0 Å². The van der Waals surface area contributed by atoms with Gasteiger partial charge < -0.3 is 18.8 Å². The van der Waals surface area contributed by atoms with Crippen molar-refractivity contribution < 1.29 is 32.2 Å². The summed E-state index contributed by atoms with van der Waals surface area (Å²) >= 11 is 0. The first-order valence-electron chi connectivity index (χ1n) is 12.9. The Bertz CT molecular complexity index is 1220. The normalized spacial score (nSPS) is 15.1. The van der Waals surface area contributed by atoms with Crippen LogP contribution in [0.5, 0.6) is 11.5 Å². The Labute approximate surface area is 222 Å². The van der Waals surface area contributed by atoms with E-state index in [1.807, 2.05) is 25.5 Å². The molecule has 0 N–H and O–H groups in total. The molecular formula is C29H37F3N2O4. The number of hydrogen-bond donors (Lipinski definition) is 0. The van der Waals surface area contributed by atoms with E-state index >= 15 is 0 Å². The molecule has 1 aromatic heterocycles. The molecule has 1 aliphatic rings. The van der Waals surface area contributed by atoms with Crippen LogP contribution >= 0.6 is 0 Å². The predicted octanol–water partition coefficient (Wildman–Crippen LogP) is 7.61. The van der Waals surface area contributed by atoms with Crippen molar-refractivity contribution in [3.8, 4) is 11.5 Å². The Kier molecular flexibility index (Phi) is 9.33. The number of alkyl halides is 3. The highest BCUT2D eigenvalue weighted by Crippen LogP contribution is 2.34. The average Bonchev–Trinajstić information content (AvgIpc) is 3.12. The van der Waals surface area contributed by atoms with Gasteiger partial charge >= 0.3 is 12.3 Å². The van der Waals surface area contributed by atoms with Crippen molar-refractivity contribution in [1.82, 2.24) is 9.55 Å². The zero-order valence-corrected chi connectivity index (χ0v) is 22.9. The van der Waals surface area contributed by atoms with Crippen LogP contribution in [0.1, 0.15) is 81.5 Å². The minimum absolute atomic E-state index is 0.143. The fourth-order valence-corrected chi connectivity index (χ4v) is 4.55. The highest BCUT2D eigenvalue weighted by molar-refractivity contribution is 5.97. The Morgan fingerprint density at radius 3 is 2.21 bits per heavy atom. The zero-order valence-electron chi connectivity index (χ0n) is 22.9. The molecule has 0 bridgehead atoms. The quantitative estimate of drug-likeness (QED) is 0.305. The van der Waals surface area contributed by atoms with E-state index in [-0.39, 0.29) is 17.4 Å². The number of imidazole rings is 1. The molecule has 0 saturated heterocycles. The van der Waals surface area contributed by atoms with Crippen LogP contribution in [-0.4, -0.2) is 35.1 Å². The minimum atomic E-state index is -4.73. The molecule has 1 fully saturated rings. The lowest BCUT2D eigenvalue weighted by molar-refractivity contribution is -0.274. The molecule has 1 aliphatic carbocycles. The van der Waals surface area contributed by atoms with Crippen molar-refractivity contribution in [3.05, 3.63) is 53.3 Å². The number of aryl methyl sites for hydroxylation is 1. The summed E-state index contributed by atoms with van der Waals surface area (Å²) in [6.45, 7) is 8.47. The molecule has 0 spiro atoms. The Morgan fingerprint density at radius 2 is 1.71 bits per heavy atom. The summed E-state index contributed by atoms with van der Waals surface area (Å²) in [4.78, 5) is 16.7. The maximum atomic E-state index is 12.3. The topological polar surface area (TPSA) is 62.6 Å². The molecule has 0 atom stereocenters. The maximum absolute atomic E-state index is 12.3. The molecule has 0 amide bonds. The number of halogens is 3. The fourth-order valence-electron chi connectivity index (χ4n) is 4.55. The van der Waals surface area contributed by atoms with Crippen molar-refractivity contribution in [2.45, 2.75) is 78.7 Å². The molecular weight excluding hydrogens is 497 g/mol. The second kappa shape index (κ2) is 12.1. The van der Waals surface area contributed by atoms with Gasteiger partial charge in [-0.1, -0.05) is 45.2 Å². The Hall–Kier alpha value is -3.23. The number of methoxy groups -OCH3 is 1. The van der Waals surface area contributed by atoms with Crippen LogP contribution in [0.25, 0.3) is 11.0 Å². The van der Waals surface area contributed by atoms with Gasteiger partial charge in [0.2, 0.25) is 0 Å². The van der Waals surface area contributed by atoms with E-state index in [0.29, 0.717) is 28.9 Å². The van der Waals surface area contributed by atoms with Crippen molar-refractivity contribution in [3.63, 3.8) is 0 Å². The van der Waals surface area contributed by atoms with Crippen LogP contribution < -0.4 is 9.47 Å². The number of ether oxygens (including phenoxy) is 3. The molecule has 0 unspecified atom stereocenters. The lowest BCUT2D eigenvalue weighted by Gasteiger charge is -2.28. The number of carbonyl (C=O) groups is 1. The van der Waals surface area contributed by atoms with E-state index in [1.165, 1.54) is 51.3 Å². The monoisotopic (exact) mass is 534 g/mol. The van der Waals surface area contributed by atoms with E-state index in [4.69, 9.17) is 9.47 Å². The van der Waals surface area contributed by atoms with E-state index < -0.39 is 12.3 Å². The summed E-state index contributed by atoms with van der Waals surface area (Å²) in [5, 5.41) is 0. The van der Waals surface area contributed by atoms with Gasteiger partial charge in [0.1, 0.15) is 22.9 Å². The van der Waals surface area contributed by atoms with Crippen molar-refractivity contribution in [2.75, 3.05) is 7.11 Å². The highest BCUT2D eigenvalue weighted by Gasteiger charge is 2.31. The highest BCUT2D eigenvalue weighted by atomic mass is 19.4. The summed E-state index contributed by atoms with van der Waals surface area (Å²) < 4.78 is 53.3. The molecule has 0 aliphatic heterocycles. The molecule has 9 heteroatoms. The average molecular weight is 535 g/mol. The Morgan fingerprint density at radius 1 is 1.08 bits per heavy atom. The van der Waals surface area contributed by atoms with E-state index in [1.54, 1.807) is 24.3 Å². The van der Waals surface area contributed by atoms with Crippen molar-refractivity contribution >= 4 is 17.0 Å². The van der Waals surface area contributed by atoms with Crippen LogP contribution in [0.2, 0.25) is 0 Å².